The van der Waals surface area contributed by atoms with Crippen molar-refractivity contribution in [1.82, 2.24) is 16.0 Å². The Balaban J connectivity index is 2.94. The molecule has 0 aliphatic carbocycles. The van der Waals surface area contributed by atoms with E-state index < -0.39 is 47.9 Å². The van der Waals surface area contributed by atoms with Crippen LogP contribution in [0.15, 0.2) is 30.3 Å². The van der Waals surface area contributed by atoms with E-state index in [0.717, 1.165) is 5.56 Å². The molecule has 1 rings (SSSR count). The molecule has 0 saturated heterocycles. The van der Waals surface area contributed by atoms with Gasteiger partial charge in [0.25, 0.3) is 0 Å². The maximum atomic E-state index is 13.2. The molecule has 10 nitrogen and oxygen atoms in total. The number of carbonyl (C=O) groups is 4. The van der Waals surface area contributed by atoms with Crippen molar-refractivity contribution in [2.75, 3.05) is 18.6 Å². The summed E-state index contributed by atoms with van der Waals surface area (Å²) >= 11 is 1.50. The molecule has 0 aliphatic rings. The summed E-state index contributed by atoms with van der Waals surface area (Å²) in [6, 6.07) is 5.58. The molecule has 0 spiro atoms. The molecule has 37 heavy (non-hydrogen) atoms. The highest BCUT2D eigenvalue weighted by molar-refractivity contribution is 7.98. The summed E-state index contributed by atoms with van der Waals surface area (Å²) in [6.45, 7) is 4.18. The Morgan fingerprint density at radius 2 is 1.46 bits per heavy atom. The molecule has 0 aromatic heterocycles. The Hall–Kier alpha value is -2.63. The van der Waals surface area contributed by atoms with E-state index in [0.29, 0.717) is 44.4 Å². The summed E-state index contributed by atoms with van der Waals surface area (Å²) in [4.78, 5) is 50.6. The molecule has 3 amide bonds. The number of nitrogens with two attached hydrogens (primary N) is 2. The zero-order chi connectivity index (χ0) is 27.8. The minimum Gasteiger partial charge on any atom is -0.480 e. The summed E-state index contributed by atoms with van der Waals surface area (Å²) in [5.41, 5.74) is 12.6. The van der Waals surface area contributed by atoms with Crippen molar-refractivity contribution in [3.63, 3.8) is 0 Å². The van der Waals surface area contributed by atoms with Gasteiger partial charge in [-0.1, -0.05) is 44.2 Å². The fraction of sp³-hybridized carbons (Fsp3) is 0.615. The van der Waals surface area contributed by atoms with Crippen LogP contribution < -0.4 is 27.4 Å². The third-order valence-electron chi connectivity index (χ3n) is 5.78. The Morgan fingerprint density at radius 1 is 0.892 bits per heavy atom. The summed E-state index contributed by atoms with van der Waals surface area (Å²) in [6.07, 6.45) is 4.36. The van der Waals surface area contributed by atoms with E-state index >= 15 is 0 Å². The number of thioether (sulfide) groups is 1. The second kappa shape index (κ2) is 17.8. The van der Waals surface area contributed by atoms with Crippen molar-refractivity contribution in [3.05, 3.63) is 35.9 Å². The van der Waals surface area contributed by atoms with E-state index in [9.17, 15) is 24.3 Å². The van der Waals surface area contributed by atoms with Crippen LogP contribution in [-0.2, 0) is 25.6 Å². The van der Waals surface area contributed by atoms with E-state index in [1.165, 1.54) is 11.8 Å². The predicted molar refractivity (Wildman–Crippen MR) is 147 cm³/mol. The van der Waals surface area contributed by atoms with Gasteiger partial charge >= 0.3 is 5.97 Å². The largest absolute Gasteiger partial charge is 0.480 e. The van der Waals surface area contributed by atoms with Crippen LogP contribution in [0.5, 0.6) is 0 Å². The molecule has 0 aliphatic heterocycles. The van der Waals surface area contributed by atoms with Gasteiger partial charge in [0.05, 0.1) is 6.04 Å². The summed E-state index contributed by atoms with van der Waals surface area (Å²) in [5.74, 6) is -2.05. The van der Waals surface area contributed by atoms with Gasteiger partial charge in [0.15, 0.2) is 0 Å². The molecule has 0 fully saturated rings. The SMILES string of the molecule is CSCCC(NC(=O)C(CCCCN)NC(=O)C(N)Cc1ccccc1)C(=O)NC(CC(C)C)C(=O)O. The van der Waals surface area contributed by atoms with Gasteiger partial charge in [-0.05, 0) is 68.6 Å². The number of amides is 3. The van der Waals surface area contributed by atoms with E-state index in [4.69, 9.17) is 11.5 Å². The van der Waals surface area contributed by atoms with Gasteiger partial charge in [0.1, 0.15) is 18.1 Å². The fourth-order valence-electron chi connectivity index (χ4n) is 3.74. The number of carboxylic acids is 1. The van der Waals surface area contributed by atoms with Crippen molar-refractivity contribution in [1.29, 1.82) is 0 Å². The maximum Gasteiger partial charge on any atom is 0.326 e. The summed E-state index contributed by atoms with van der Waals surface area (Å²) < 4.78 is 0. The lowest BCUT2D eigenvalue weighted by Crippen LogP contribution is -2.57. The average molecular weight is 538 g/mol. The van der Waals surface area contributed by atoms with Crippen LogP contribution in [0.4, 0.5) is 0 Å². The highest BCUT2D eigenvalue weighted by atomic mass is 32.2. The Kier molecular flexibility index (Phi) is 15.6. The van der Waals surface area contributed by atoms with Crippen LogP contribution >= 0.6 is 11.8 Å². The minimum absolute atomic E-state index is 0.0582. The van der Waals surface area contributed by atoms with Crippen molar-refractivity contribution >= 4 is 35.5 Å². The fourth-order valence-corrected chi connectivity index (χ4v) is 4.21. The normalized spacial score (nSPS) is 14.3. The second-order valence-corrected chi connectivity index (χ2v) is 10.5. The number of rotatable bonds is 18. The number of hydrogen-bond acceptors (Lipinski definition) is 7. The van der Waals surface area contributed by atoms with Crippen LogP contribution in [0.2, 0.25) is 0 Å². The van der Waals surface area contributed by atoms with E-state index in [1.54, 1.807) is 0 Å². The first-order valence-corrected chi connectivity index (χ1v) is 14.1. The highest BCUT2D eigenvalue weighted by Crippen LogP contribution is 2.09. The quantitative estimate of drug-likeness (QED) is 0.150. The number of nitrogens with one attached hydrogen (secondary N) is 3. The predicted octanol–water partition coefficient (Wildman–Crippen LogP) is 1.02. The van der Waals surface area contributed by atoms with Gasteiger partial charge in [-0.2, -0.15) is 11.8 Å². The number of benzene rings is 1. The zero-order valence-corrected chi connectivity index (χ0v) is 22.9. The van der Waals surface area contributed by atoms with Crippen LogP contribution in [0, 0.1) is 5.92 Å². The lowest BCUT2D eigenvalue weighted by atomic mass is 10.0. The van der Waals surface area contributed by atoms with Gasteiger partial charge in [-0.3, -0.25) is 14.4 Å². The lowest BCUT2D eigenvalue weighted by molar-refractivity contribution is -0.142. The van der Waals surface area contributed by atoms with Crippen LogP contribution in [-0.4, -0.2) is 71.5 Å². The van der Waals surface area contributed by atoms with Crippen LogP contribution in [0.25, 0.3) is 0 Å². The molecule has 0 heterocycles. The van der Waals surface area contributed by atoms with E-state index in [-0.39, 0.29) is 12.3 Å². The monoisotopic (exact) mass is 537 g/mol. The molecule has 4 unspecified atom stereocenters. The molecule has 0 radical (unpaired) electrons. The van der Waals surface area contributed by atoms with E-state index in [1.807, 2.05) is 50.4 Å². The molecule has 1 aromatic rings. The van der Waals surface area contributed by atoms with Crippen molar-refractivity contribution in [2.24, 2.45) is 17.4 Å². The smallest absolute Gasteiger partial charge is 0.326 e. The standard InChI is InChI=1S/C26H43N5O5S/c1-17(2)15-22(26(35)36)31-25(34)21(12-14-37-3)30-24(33)20(11-7-8-13-27)29-23(32)19(28)16-18-9-5-4-6-10-18/h4-6,9-10,17,19-22H,7-8,11-16,27-28H2,1-3H3,(H,29,32)(H,30,33)(H,31,34)(H,35,36). The van der Waals surface area contributed by atoms with E-state index in [2.05, 4.69) is 16.0 Å². The number of carboxylic acid groups (broad SMARTS) is 1. The lowest BCUT2D eigenvalue weighted by Gasteiger charge is -2.25. The molecule has 4 atom stereocenters. The second-order valence-electron chi connectivity index (χ2n) is 9.51. The molecular formula is C26H43N5O5S. The molecule has 208 valence electrons. The first kappa shape index (κ1) is 32.4. The molecule has 0 saturated carbocycles. The van der Waals surface area contributed by atoms with Crippen LogP contribution in [0.1, 0.15) is 51.5 Å². The first-order valence-electron chi connectivity index (χ1n) is 12.7. The minimum atomic E-state index is -1.13. The molecule has 8 N–H and O–H groups in total. The maximum absolute atomic E-state index is 13.2. The molecule has 0 bridgehead atoms. The first-order chi connectivity index (χ1) is 17.6. The summed E-state index contributed by atoms with van der Waals surface area (Å²) in [5, 5.41) is 17.5. The van der Waals surface area contributed by atoms with Gasteiger partial charge in [0, 0.05) is 0 Å². The zero-order valence-electron chi connectivity index (χ0n) is 22.1. The third-order valence-corrected chi connectivity index (χ3v) is 6.42. The Labute approximate surface area is 224 Å². The van der Waals surface area contributed by atoms with Crippen molar-refractivity contribution in [3.8, 4) is 0 Å². The van der Waals surface area contributed by atoms with Gasteiger partial charge in [0.2, 0.25) is 17.7 Å². The average Bonchev–Trinajstić information content (AvgIpc) is 2.85. The van der Waals surface area contributed by atoms with Crippen molar-refractivity contribution < 1.29 is 24.3 Å². The molecule has 11 heteroatoms. The molecule has 1 aromatic carbocycles. The van der Waals surface area contributed by atoms with Crippen LogP contribution in [0.3, 0.4) is 0 Å². The summed E-state index contributed by atoms with van der Waals surface area (Å²) in [7, 11) is 0. The van der Waals surface area contributed by atoms with Gasteiger partial charge < -0.3 is 32.5 Å². The van der Waals surface area contributed by atoms with Gasteiger partial charge in [-0.15, -0.1) is 0 Å². The number of unbranched alkanes of at least 4 members (excludes halogenated alkanes) is 1. The highest BCUT2D eigenvalue weighted by Gasteiger charge is 2.30. The Morgan fingerprint density at radius 3 is 2.00 bits per heavy atom. The third kappa shape index (κ3) is 12.9. The number of aliphatic carboxylic acids is 1. The molecular weight excluding hydrogens is 494 g/mol. The van der Waals surface area contributed by atoms with Gasteiger partial charge in [-0.25, -0.2) is 4.79 Å². The number of carbonyl (C=O) groups excluding carboxylic acids is 3. The van der Waals surface area contributed by atoms with Crippen molar-refractivity contribution in [2.45, 2.75) is 76.5 Å². The number of hydrogen-bond donors (Lipinski definition) is 6. The Bertz CT molecular complexity index is 855. The topological polar surface area (TPSA) is 177 Å².